The quantitative estimate of drug-likeness (QED) is 0.712. The van der Waals surface area contributed by atoms with E-state index in [1.807, 2.05) is 30.3 Å². The van der Waals surface area contributed by atoms with Crippen LogP contribution in [0.25, 0.3) is 0 Å². The smallest absolute Gasteiger partial charge is 0.0442 e. The topological polar surface area (TPSA) is 0 Å². The van der Waals surface area contributed by atoms with Crippen LogP contribution >= 0.6 is 23.2 Å². The highest BCUT2D eigenvalue weighted by Gasteiger charge is 2.04. The summed E-state index contributed by atoms with van der Waals surface area (Å²) >= 11 is 12.1. The van der Waals surface area contributed by atoms with Gasteiger partial charge in [0.05, 0.1) is 0 Å². The summed E-state index contributed by atoms with van der Waals surface area (Å²) in [6, 6.07) is 13.9. The van der Waals surface area contributed by atoms with E-state index in [0.29, 0.717) is 0 Å². The molecule has 0 radical (unpaired) electrons. The van der Waals surface area contributed by atoms with Crippen molar-refractivity contribution in [3.63, 3.8) is 0 Å². The zero-order chi connectivity index (χ0) is 11.5. The third-order valence-electron chi connectivity index (χ3n) is 2.65. The largest absolute Gasteiger partial charge is 0.0843 e. The molecule has 0 aliphatic rings. The van der Waals surface area contributed by atoms with Crippen molar-refractivity contribution in [3.05, 3.63) is 69.2 Å². The minimum absolute atomic E-state index is 0.730. The number of rotatable bonds is 2. The van der Waals surface area contributed by atoms with E-state index in [0.717, 1.165) is 22.0 Å². The summed E-state index contributed by atoms with van der Waals surface area (Å²) < 4.78 is 0. The first-order chi connectivity index (χ1) is 7.66. The highest BCUT2D eigenvalue weighted by Crippen LogP contribution is 2.24. The Kier molecular flexibility index (Phi) is 3.52. The number of aryl methyl sites for hydroxylation is 1. The monoisotopic (exact) mass is 250 g/mol. The van der Waals surface area contributed by atoms with Gasteiger partial charge >= 0.3 is 0 Å². The first-order valence-corrected chi connectivity index (χ1v) is 5.91. The standard InChI is InChI=1S/C14H12Cl2/c1-10-4-2-3-5-11(10)8-12-9-13(15)6-7-14(12)16/h2-7,9H,8H2,1H3. The normalized spacial score (nSPS) is 10.4. The zero-order valence-corrected chi connectivity index (χ0v) is 10.5. The van der Waals surface area contributed by atoms with Crippen LogP contribution in [0.4, 0.5) is 0 Å². The van der Waals surface area contributed by atoms with Crippen molar-refractivity contribution in [2.24, 2.45) is 0 Å². The lowest BCUT2D eigenvalue weighted by atomic mass is 10.0. The Morgan fingerprint density at radius 2 is 1.69 bits per heavy atom. The number of hydrogen-bond donors (Lipinski definition) is 0. The van der Waals surface area contributed by atoms with Gasteiger partial charge in [0.25, 0.3) is 0 Å². The first kappa shape index (κ1) is 11.5. The van der Waals surface area contributed by atoms with E-state index >= 15 is 0 Å². The van der Waals surface area contributed by atoms with E-state index in [-0.39, 0.29) is 0 Å². The lowest BCUT2D eigenvalue weighted by Crippen LogP contribution is -1.92. The summed E-state index contributed by atoms with van der Waals surface area (Å²) in [5.41, 5.74) is 3.63. The predicted molar refractivity (Wildman–Crippen MR) is 70.4 cm³/mol. The van der Waals surface area contributed by atoms with Crippen molar-refractivity contribution in [1.82, 2.24) is 0 Å². The molecule has 0 fully saturated rings. The van der Waals surface area contributed by atoms with Crippen LogP contribution in [0.5, 0.6) is 0 Å². The molecule has 0 nitrogen and oxygen atoms in total. The minimum atomic E-state index is 0.730. The summed E-state index contributed by atoms with van der Waals surface area (Å²) in [6.45, 7) is 2.10. The Morgan fingerprint density at radius 1 is 0.938 bits per heavy atom. The van der Waals surface area contributed by atoms with Crippen LogP contribution in [0.3, 0.4) is 0 Å². The van der Waals surface area contributed by atoms with Gasteiger partial charge in [-0.3, -0.25) is 0 Å². The maximum Gasteiger partial charge on any atom is 0.0442 e. The maximum absolute atomic E-state index is 6.14. The van der Waals surface area contributed by atoms with E-state index in [1.54, 1.807) is 0 Å². The van der Waals surface area contributed by atoms with Crippen molar-refractivity contribution >= 4 is 23.2 Å². The predicted octanol–water partition coefficient (Wildman–Crippen LogP) is 4.89. The molecule has 0 amide bonds. The number of halogens is 2. The molecular formula is C14H12Cl2. The molecular weight excluding hydrogens is 239 g/mol. The third kappa shape index (κ3) is 2.58. The molecule has 0 aliphatic heterocycles. The number of benzene rings is 2. The van der Waals surface area contributed by atoms with Crippen molar-refractivity contribution in [1.29, 1.82) is 0 Å². The van der Waals surface area contributed by atoms with Crippen LogP contribution in [0.2, 0.25) is 10.0 Å². The molecule has 2 rings (SSSR count). The van der Waals surface area contributed by atoms with E-state index in [9.17, 15) is 0 Å². The summed E-state index contributed by atoms with van der Waals surface area (Å²) in [6.07, 6.45) is 0.825. The second kappa shape index (κ2) is 4.90. The summed E-state index contributed by atoms with van der Waals surface area (Å²) in [7, 11) is 0. The molecule has 0 N–H and O–H groups in total. The Labute approximate surface area is 106 Å². The van der Waals surface area contributed by atoms with Crippen molar-refractivity contribution < 1.29 is 0 Å². The third-order valence-corrected chi connectivity index (χ3v) is 3.25. The molecule has 0 saturated carbocycles. The van der Waals surface area contributed by atoms with Crippen LogP contribution in [0, 0.1) is 6.92 Å². The molecule has 0 spiro atoms. The molecule has 0 unspecified atom stereocenters. The Hall–Kier alpha value is -0.980. The second-order valence-electron chi connectivity index (χ2n) is 3.84. The van der Waals surface area contributed by atoms with Crippen molar-refractivity contribution in [2.75, 3.05) is 0 Å². The first-order valence-electron chi connectivity index (χ1n) is 5.15. The molecule has 2 heteroatoms. The fourth-order valence-corrected chi connectivity index (χ4v) is 2.07. The molecule has 82 valence electrons. The van der Waals surface area contributed by atoms with E-state index in [2.05, 4.69) is 19.1 Å². The average molecular weight is 251 g/mol. The van der Waals surface area contributed by atoms with Crippen molar-refractivity contribution in [2.45, 2.75) is 13.3 Å². The van der Waals surface area contributed by atoms with Crippen LogP contribution in [-0.2, 0) is 6.42 Å². The van der Waals surface area contributed by atoms with E-state index in [1.165, 1.54) is 11.1 Å². The molecule has 0 saturated heterocycles. The van der Waals surface area contributed by atoms with Gasteiger partial charge in [-0.15, -0.1) is 0 Å². The molecule has 0 heterocycles. The molecule has 2 aromatic carbocycles. The van der Waals surface area contributed by atoms with Gasteiger partial charge in [-0.05, 0) is 48.2 Å². The van der Waals surface area contributed by atoms with E-state index < -0.39 is 0 Å². The molecule has 0 aliphatic carbocycles. The molecule has 0 aromatic heterocycles. The Balaban J connectivity index is 2.34. The van der Waals surface area contributed by atoms with Crippen molar-refractivity contribution in [3.8, 4) is 0 Å². The van der Waals surface area contributed by atoms with Crippen LogP contribution in [-0.4, -0.2) is 0 Å². The van der Waals surface area contributed by atoms with Crippen LogP contribution < -0.4 is 0 Å². The summed E-state index contributed by atoms with van der Waals surface area (Å²) in [5.74, 6) is 0. The summed E-state index contributed by atoms with van der Waals surface area (Å²) in [4.78, 5) is 0. The fraction of sp³-hybridized carbons (Fsp3) is 0.143. The van der Waals surface area contributed by atoms with Gasteiger partial charge in [-0.25, -0.2) is 0 Å². The zero-order valence-electron chi connectivity index (χ0n) is 9.00. The van der Waals surface area contributed by atoms with Gasteiger partial charge in [0, 0.05) is 10.0 Å². The second-order valence-corrected chi connectivity index (χ2v) is 4.68. The maximum atomic E-state index is 6.14. The van der Waals surface area contributed by atoms with Gasteiger partial charge < -0.3 is 0 Å². The molecule has 0 bridgehead atoms. The molecule has 16 heavy (non-hydrogen) atoms. The fourth-order valence-electron chi connectivity index (χ4n) is 1.69. The lowest BCUT2D eigenvalue weighted by molar-refractivity contribution is 1.16. The number of hydrogen-bond acceptors (Lipinski definition) is 0. The van der Waals surface area contributed by atoms with E-state index in [4.69, 9.17) is 23.2 Å². The van der Waals surface area contributed by atoms with Gasteiger partial charge in [0.1, 0.15) is 0 Å². The highest BCUT2D eigenvalue weighted by atomic mass is 35.5. The van der Waals surface area contributed by atoms with Crippen LogP contribution in [0.15, 0.2) is 42.5 Å². The molecule has 2 aromatic rings. The summed E-state index contributed by atoms with van der Waals surface area (Å²) in [5, 5.41) is 1.50. The Bertz CT molecular complexity index is 504. The average Bonchev–Trinajstić information content (AvgIpc) is 2.27. The van der Waals surface area contributed by atoms with Crippen LogP contribution in [0.1, 0.15) is 16.7 Å². The SMILES string of the molecule is Cc1ccccc1Cc1cc(Cl)ccc1Cl. The van der Waals surface area contributed by atoms with Gasteiger partial charge in [0.2, 0.25) is 0 Å². The lowest BCUT2D eigenvalue weighted by Gasteiger charge is -2.07. The highest BCUT2D eigenvalue weighted by molar-refractivity contribution is 6.33. The van der Waals surface area contributed by atoms with Gasteiger partial charge in [0.15, 0.2) is 0 Å². The van der Waals surface area contributed by atoms with Gasteiger partial charge in [-0.2, -0.15) is 0 Å². The van der Waals surface area contributed by atoms with Gasteiger partial charge in [-0.1, -0.05) is 47.5 Å². The minimum Gasteiger partial charge on any atom is -0.0843 e. The molecule has 0 atom stereocenters. The Morgan fingerprint density at radius 3 is 2.44 bits per heavy atom.